The molecule has 0 atom stereocenters. The van der Waals surface area contributed by atoms with Gasteiger partial charge in [-0.15, -0.1) is 38.4 Å². The normalized spacial score (nSPS) is 14.4. The van der Waals surface area contributed by atoms with Gasteiger partial charge in [-0.05, 0) is 74.3 Å². The predicted molar refractivity (Wildman–Crippen MR) is 154 cm³/mol. The Morgan fingerprint density at radius 1 is 0.972 bits per heavy atom. The maximum Gasteiger partial charge on any atom is 0.286 e. The number of anilines is 1. The summed E-state index contributed by atoms with van der Waals surface area (Å²) in [6, 6.07) is 15.9. The van der Waals surface area contributed by atoms with Crippen molar-refractivity contribution in [3.05, 3.63) is 83.0 Å². The Morgan fingerprint density at radius 3 is 2.44 bits per heavy atom. The second kappa shape index (κ2) is 8.92. The number of benzene rings is 1. The highest BCUT2D eigenvalue weighted by atomic mass is 79.9. The first-order chi connectivity index (χ1) is 17.2. The number of sulfonamides is 1. The topological polar surface area (TPSA) is 101 Å². The van der Waals surface area contributed by atoms with Crippen molar-refractivity contribution in [2.45, 2.75) is 11.4 Å². The molecule has 1 aliphatic heterocycles. The summed E-state index contributed by atoms with van der Waals surface area (Å²) in [5, 5.41) is 14.3. The van der Waals surface area contributed by atoms with E-state index in [0.717, 1.165) is 22.2 Å². The minimum Gasteiger partial charge on any atom is -0.505 e. The molecular weight excluding hydrogens is 670 g/mol. The minimum absolute atomic E-state index is 0.0137. The maximum atomic E-state index is 13.9. The third-order valence-corrected chi connectivity index (χ3v) is 11.4. The van der Waals surface area contributed by atoms with Gasteiger partial charge in [-0.25, -0.2) is 0 Å². The fourth-order valence-electron chi connectivity index (χ4n) is 3.96. The van der Waals surface area contributed by atoms with Gasteiger partial charge in [0.1, 0.15) is 10.5 Å². The van der Waals surface area contributed by atoms with Gasteiger partial charge in [0.15, 0.2) is 11.6 Å². The number of hydrogen-bond donors (Lipinski definition) is 2. The van der Waals surface area contributed by atoms with Crippen LogP contribution in [0.5, 0.6) is 5.75 Å². The molecule has 7 nitrogen and oxygen atoms in total. The monoisotopic (exact) mass is 681 g/mol. The third-order valence-electron chi connectivity index (χ3n) is 5.54. The number of halogens is 2. The Morgan fingerprint density at radius 2 is 1.72 bits per heavy atom. The van der Waals surface area contributed by atoms with E-state index in [0.29, 0.717) is 15.9 Å². The molecule has 0 spiro atoms. The molecule has 36 heavy (non-hydrogen) atoms. The summed E-state index contributed by atoms with van der Waals surface area (Å²) in [6.45, 7) is 0.250. The standard InChI is InChI=1S/C23H13Br2N3O4S4/c24-17-7-5-11(33-17)10-28-13-9-15(14-6-8-18(25)34-14)35-21(13)20(29)19(23(28)30)22-26-12-3-1-2-4-16(12)36(31,32)27-22/h1-9,29H,10H2,(H,26,27). The Kier molecular flexibility index (Phi) is 5.97. The van der Waals surface area contributed by atoms with E-state index in [2.05, 4.69) is 41.6 Å². The molecular formula is C23H13Br2N3O4S4. The van der Waals surface area contributed by atoms with Crippen LogP contribution >= 0.6 is 65.9 Å². The van der Waals surface area contributed by atoms with Crippen LogP contribution in [0.3, 0.4) is 0 Å². The number of nitrogens with zero attached hydrogens (tertiary/aromatic N) is 2. The first-order valence-corrected chi connectivity index (χ1v) is 15.8. The lowest BCUT2D eigenvalue weighted by Gasteiger charge is -2.19. The number of pyridine rings is 1. The van der Waals surface area contributed by atoms with Crippen LogP contribution in [0.25, 0.3) is 20.0 Å². The van der Waals surface area contributed by atoms with Crippen molar-refractivity contribution < 1.29 is 13.5 Å². The Bertz CT molecular complexity index is 1880. The first kappa shape index (κ1) is 24.1. The van der Waals surface area contributed by atoms with Crippen LogP contribution < -0.4 is 10.9 Å². The van der Waals surface area contributed by atoms with Crippen LogP contribution in [0.4, 0.5) is 5.69 Å². The van der Waals surface area contributed by atoms with Gasteiger partial charge in [0.2, 0.25) is 0 Å². The summed E-state index contributed by atoms with van der Waals surface area (Å²) in [6.07, 6.45) is 0. The molecule has 2 N–H and O–H groups in total. The summed E-state index contributed by atoms with van der Waals surface area (Å²) in [5.41, 5.74) is 0.138. The van der Waals surface area contributed by atoms with E-state index in [-0.39, 0.29) is 28.6 Å². The lowest BCUT2D eigenvalue weighted by molar-refractivity contribution is 0.479. The molecule has 0 unspecified atom stereocenters. The maximum absolute atomic E-state index is 13.9. The zero-order chi connectivity index (χ0) is 25.2. The van der Waals surface area contributed by atoms with E-state index in [1.54, 1.807) is 34.1 Å². The average molecular weight is 683 g/mol. The number of aromatic hydroxyl groups is 1. The number of amidine groups is 1. The largest absolute Gasteiger partial charge is 0.505 e. The van der Waals surface area contributed by atoms with E-state index >= 15 is 0 Å². The van der Waals surface area contributed by atoms with E-state index < -0.39 is 15.6 Å². The van der Waals surface area contributed by atoms with Crippen LogP contribution in [-0.2, 0) is 16.6 Å². The van der Waals surface area contributed by atoms with Crippen molar-refractivity contribution in [2.75, 3.05) is 5.32 Å². The molecule has 0 saturated heterocycles. The molecule has 5 aromatic rings. The van der Waals surface area contributed by atoms with Gasteiger partial charge in [-0.1, -0.05) is 12.1 Å². The molecule has 1 aromatic carbocycles. The molecule has 0 amide bonds. The predicted octanol–water partition coefficient (Wildman–Crippen LogP) is 6.69. The van der Waals surface area contributed by atoms with Crippen LogP contribution in [0.15, 0.2) is 76.3 Å². The molecule has 0 radical (unpaired) electrons. The second-order valence-corrected chi connectivity index (χ2v) is 15.4. The average Bonchev–Trinajstić information content (AvgIpc) is 3.56. The summed E-state index contributed by atoms with van der Waals surface area (Å²) < 4.78 is 33.6. The lowest BCUT2D eigenvalue weighted by Crippen LogP contribution is -2.32. The van der Waals surface area contributed by atoms with Crippen molar-refractivity contribution in [3.63, 3.8) is 0 Å². The second-order valence-electron chi connectivity index (χ2n) is 7.79. The molecule has 0 aliphatic carbocycles. The van der Waals surface area contributed by atoms with Crippen molar-refractivity contribution in [2.24, 2.45) is 4.40 Å². The molecule has 0 saturated carbocycles. The number of para-hydroxylation sites is 1. The van der Waals surface area contributed by atoms with Crippen LogP contribution in [-0.4, -0.2) is 23.9 Å². The highest BCUT2D eigenvalue weighted by Gasteiger charge is 2.30. The molecule has 182 valence electrons. The van der Waals surface area contributed by atoms with Gasteiger partial charge < -0.3 is 15.0 Å². The molecule has 0 fully saturated rings. The number of nitrogens with one attached hydrogen (secondary N) is 1. The van der Waals surface area contributed by atoms with Crippen LogP contribution in [0.1, 0.15) is 10.4 Å². The Labute approximate surface area is 233 Å². The van der Waals surface area contributed by atoms with E-state index in [4.69, 9.17) is 0 Å². The van der Waals surface area contributed by atoms with Gasteiger partial charge in [0.05, 0.1) is 30.0 Å². The lowest BCUT2D eigenvalue weighted by atomic mass is 10.2. The number of hydrogen-bond acceptors (Lipinski definition) is 8. The van der Waals surface area contributed by atoms with E-state index in [1.807, 2.05) is 30.3 Å². The number of fused-ring (bicyclic) bond motifs is 2. The first-order valence-electron chi connectivity index (χ1n) is 10.3. The summed E-state index contributed by atoms with van der Waals surface area (Å²) in [7, 11) is -4.07. The zero-order valence-electron chi connectivity index (χ0n) is 17.9. The number of thiophene rings is 3. The van der Waals surface area contributed by atoms with Crippen molar-refractivity contribution in [1.82, 2.24) is 4.57 Å². The zero-order valence-corrected chi connectivity index (χ0v) is 24.3. The van der Waals surface area contributed by atoms with Gasteiger partial charge in [-0.2, -0.15) is 8.42 Å². The van der Waals surface area contributed by atoms with Crippen molar-refractivity contribution >= 4 is 97.6 Å². The van der Waals surface area contributed by atoms with Gasteiger partial charge >= 0.3 is 0 Å². The highest BCUT2D eigenvalue weighted by molar-refractivity contribution is 9.11. The van der Waals surface area contributed by atoms with Gasteiger partial charge in [-0.3, -0.25) is 4.79 Å². The summed E-state index contributed by atoms with van der Waals surface area (Å²) in [4.78, 5) is 16.7. The van der Waals surface area contributed by atoms with Crippen molar-refractivity contribution in [1.29, 1.82) is 0 Å². The summed E-state index contributed by atoms with van der Waals surface area (Å²) in [5.74, 6) is -0.501. The molecule has 6 rings (SSSR count). The van der Waals surface area contributed by atoms with Gasteiger partial charge in [0.25, 0.3) is 15.6 Å². The SMILES string of the molecule is O=c1c(C2=NS(=O)(=O)c3ccccc3N2)c(O)c2sc(-c3ccc(Br)s3)cc2n1Cc1ccc(Br)s1. The van der Waals surface area contributed by atoms with E-state index in [9.17, 15) is 18.3 Å². The van der Waals surface area contributed by atoms with Crippen LogP contribution in [0, 0.1) is 0 Å². The quantitative estimate of drug-likeness (QED) is 0.220. The highest BCUT2D eigenvalue weighted by Crippen LogP contribution is 2.43. The van der Waals surface area contributed by atoms with Gasteiger partial charge in [0, 0.05) is 14.6 Å². The molecule has 0 bridgehead atoms. The third kappa shape index (κ3) is 4.07. The fraction of sp³-hybridized carbons (Fsp3) is 0.0435. The fourth-order valence-corrected chi connectivity index (χ4v) is 9.14. The molecule has 13 heteroatoms. The summed E-state index contributed by atoms with van der Waals surface area (Å²) >= 11 is 11.3. The van der Waals surface area contributed by atoms with Crippen LogP contribution in [0.2, 0.25) is 0 Å². The molecule has 4 aromatic heterocycles. The molecule has 1 aliphatic rings. The van der Waals surface area contributed by atoms with Crippen molar-refractivity contribution in [3.8, 4) is 15.5 Å². The van der Waals surface area contributed by atoms with E-state index in [1.165, 1.54) is 28.7 Å². The number of aromatic nitrogens is 1. The smallest absolute Gasteiger partial charge is 0.286 e. The minimum atomic E-state index is -4.07. The molecule has 5 heterocycles. The Balaban J connectivity index is 1.61. The number of rotatable bonds is 4. The Hall–Kier alpha value is -2.29.